The van der Waals surface area contributed by atoms with Gasteiger partial charge in [0, 0.05) is 36.1 Å². The number of benzene rings is 2. The lowest BCUT2D eigenvalue weighted by Crippen LogP contribution is -2.42. The number of carbonyl (C=O) groups excluding carboxylic acids is 1. The highest BCUT2D eigenvalue weighted by Gasteiger charge is 2.31. The number of hydrogen-bond acceptors (Lipinski definition) is 3. The summed E-state index contributed by atoms with van der Waals surface area (Å²) < 4.78 is 0. The number of amides is 1. The van der Waals surface area contributed by atoms with Crippen molar-refractivity contribution in [3.8, 4) is 0 Å². The van der Waals surface area contributed by atoms with E-state index in [1.807, 2.05) is 23.1 Å². The van der Waals surface area contributed by atoms with Crippen molar-refractivity contribution < 1.29 is 4.79 Å². The third-order valence-corrected chi connectivity index (χ3v) is 7.81. The van der Waals surface area contributed by atoms with Gasteiger partial charge in [-0.25, -0.2) is 0 Å². The minimum absolute atomic E-state index is 0.000882. The molecular formula is C25H30Cl3N3O. The highest BCUT2D eigenvalue weighted by molar-refractivity contribution is 6.35. The van der Waals surface area contributed by atoms with E-state index in [9.17, 15) is 4.79 Å². The van der Waals surface area contributed by atoms with E-state index in [2.05, 4.69) is 29.3 Å². The molecule has 0 spiro atoms. The smallest absolute Gasteiger partial charge is 0.219 e. The molecule has 1 N–H and O–H groups in total. The first-order valence-electron chi connectivity index (χ1n) is 11.3. The summed E-state index contributed by atoms with van der Waals surface area (Å²) in [5.41, 5.74) is 3.24. The van der Waals surface area contributed by atoms with E-state index < -0.39 is 0 Å². The Morgan fingerprint density at radius 2 is 1.75 bits per heavy atom. The molecule has 7 heteroatoms. The van der Waals surface area contributed by atoms with E-state index in [4.69, 9.17) is 34.8 Å². The number of nitrogens with one attached hydrogen (secondary N) is 1. The molecule has 2 fully saturated rings. The zero-order valence-corrected chi connectivity index (χ0v) is 20.9. The molecule has 2 aromatic carbocycles. The second-order valence-corrected chi connectivity index (χ2v) is 10.2. The Kier molecular flexibility index (Phi) is 7.56. The van der Waals surface area contributed by atoms with Crippen LogP contribution in [0, 0.1) is 0 Å². The lowest BCUT2D eigenvalue weighted by Gasteiger charge is -2.36. The minimum Gasteiger partial charge on any atom is -0.377 e. The first-order chi connectivity index (χ1) is 15.3. The summed E-state index contributed by atoms with van der Waals surface area (Å²) in [6.45, 7) is 7.65. The number of piperidine rings is 1. The topological polar surface area (TPSA) is 35.6 Å². The zero-order chi connectivity index (χ0) is 22.8. The van der Waals surface area contributed by atoms with Crippen LogP contribution in [-0.4, -0.2) is 47.9 Å². The van der Waals surface area contributed by atoms with Crippen LogP contribution in [0.4, 0.5) is 5.69 Å². The van der Waals surface area contributed by atoms with Gasteiger partial charge >= 0.3 is 0 Å². The SMILES string of the molecule is CC(=O)N1CCC(N2CCC(c3ccc(Cl)c(N[C@H](C)c4ccc(Cl)cc4Cl)c3)CC2)C1. The maximum Gasteiger partial charge on any atom is 0.219 e. The molecule has 0 bridgehead atoms. The van der Waals surface area contributed by atoms with E-state index in [0.717, 1.165) is 56.7 Å². The van der Waals surface area contributed by atoms with E-state index in [1.54, 1.807) is 13.0 Å². The van der Waals surface area contributed by atoms with Gasteiger partial charge in [0.25, 0.3) is 0 Å². The summed E-state index contributed by atoms with van der Waals surface area (Å²) in [6.07, 6.45) is 3.33. The molecule has 0 radical (unpaired) electrons. The van der Waals surface area contributed by atoms with Crippen LogP contribution in [0.3, 0.4) is 0 Å². The van der Waals surface area contributed by atoms with Crippen molar-refractivity contribution in [3.05, 3.63) is 62.6 Å². The fourth-order valence-electron chi connectivity index (χ4n) is 4.99. The van der Waals surface area contributed by atoms with Gasteiger partial charge in [-0.05, 0) is 80.6 Å². The van der Waals surface area contributed by atoms with Crippen LogP contribution >= 0.6 is 34.8 Å². The fraction of sp³-hybridized carbons (Fsp3) is 0.480. The quantitative estimate of drug-likeness (QED) is 0.507. The number of likely N-dealkylation sites (tertiary alicyclic amines) is 2. The monoisotopic (exact) mass is 493 g/mol. The van der Waals surface area contributed by atoms with Crippen LogP contribution in [-0.2, 0) is 4.79 Å². The number of anilines is 1. The number of carbonyl (C=O) groups is 1. The third-order valence-electron chi connectivity index (χ3n) is 6.92. The molecule has 0 saturated carbocycles. The van der Waals surface area contributed by atoms with Crippen LogP contribution in [0.5, 0.6) is 0 Å². The van der Waals surface area contributed by atoms with Crippen molar-refractivity contribution in [2.75, 3.05) is 31.5 Å². The summed E-state index contributed by atoms with van der Waals surface area (Å²) >= 11 is 19.0. The fourth-order valence-corrected chi connectivity index (χ4v) is 5.74. The molecule has 2 aliphatic heterocycles. The lowest BCUT2D eigenvalue weighted by molar-refractivity contribution is -0.128. The maximum absolute atomic E-state index is 11.6. The first kappa shape index (κ1) is 23.7. The van der Waals surface area contributed by atoms with E-state index in [-0.39, 0.29) is 11.9 Å². The molecule has 4 rings (SSSR count). The molecule has 0 aromatic heterocycles. The number of halogens is 3. The Hall–Kier alpha value is -1.46. The van der Waals surface area contributed by atoms with E-state index in [0.29, 0.717) is 27.0 Å². The summed E-state index contributed by atoms with van der Waals surface area (Å²) in [5, 5.41) is 5.51. The normalized spacial score (nSPS) is 21.0. The molecule has 4 nitrogen and oxygen atoms in total. The second-order valence-electron chi connectivity index (χ2n) is 8.99. The molecule has 2 saturated heterocycles. The molecule has 1 unspecified atom stereocenters. The molecule has 1 amide bonds. The van der Waals surface area contributed by atoms with Crippen molar-refractivity contribution >= 4 is 46.4 Å². The molecule has 2 aliphatic rings. The average molecular weight is 495 g/mol. The summed E-state index contributed by atoms with van der Waals surface area (Å²) in [7, 11) is 0. The van der Waals surface area contributed by atoms with E-state index >= 15 is 0 Å². The van der Waals surface area contributed by atoms with Gasteiger partial charge in [-0.1, -0.05) is 46.9 Å². The second kappa shape index (κ2) is 10.2. The Labute approximate surface area is 205 Å². The Morgan fingerprint density at radius 3 is 2.41 bits per heavy atom. The predicted octanol–water partition coefficient (Wildman–Crippen LogP) is 6.62. The van der Waals surface area contributed by atoms with Crippen LogP contribution in [0.2, 0.25) is 15.1 Å². The molecule has 32 heavy (non-hydrogen) atoms. The Bertz CT molecular complexity index is 975. The van der Waals surface area contributed by atoms with Gasteiger partial charge in [0.2, 0.25) is 5.91 Å². The standard InChI is InChI=1S/C25H30Cl3N3O/c1-16(22-5-4-20(26)14-24(22)28)29-25-13-19(3-6-23(25)27)18-7-10-30(11-8-18)21-9-12-31(15-21)17(2)32/h3-6,13-14,16,18,21,29H,7-12,15H2,1-2H3/t16-,21?/m1/s1. The van der Waals surface area contributed by atoms with Gasteiger partial charge in [0.15, 0.2) is 0 Å². The molecule has 2 aromatic rings. The van der Waals surface area contributed by atoms with Crippen LogP contribution in [0.15, 0.2) is 36.4 Å². The van der Waals surface area contributed by atoms with Crippen molar-refractivity contribution in [1.82, 2.24) is 9.80 Å². The highest BCUT2D eigenvalue weighted by atomic mass is 35.5. The van der Waals surface area contributed by atoms with Crippen LogP contribution in [0.1, 0.15) is 56.2 Å². The Morgan fingerprint density at radius 1 is 1.00 bits per heavy atom. The van der Waals surface area contributed by atoms with Crippen LogP contribution in [0.25, 0.3) is 0 Å². The van der Waals surface area contributed by atoms with E-state index in [1.165, 1.54) is 5.56 Å². The van der Waals surface area contributed by atoms with Crippen molar-refractivity contribution in [1.29, 1.82) is 0 Å². The molecule has 2 atom stereocenters. The van der Waals surface area contributed by atoms with Gasteiger partial charge in [-0.3, -0.25) is 9.69 Å². The van der Waals surface area contributed by atoms with Crippen molar-refractivity contribution in [2.45, 2.75) is 51.1 Å². The van der Waals surface area contributed by atoms with Gasteiger partial charge in [0.05, 0.1) is 16.8 Å². The first-order valence-corrected chi connectivity index (χ1v) is 12.5. The predicted molar refractivity (Wildman–Crippen MR) is 134 cm³/mol. The summed E-state index contributed by atoms with van der Waals surface area (Å²) in [4.78, 5) is 16.2. The maximum atomic E-state index is 11.6. The molecule has 172 valence electrons. The molecule has 2 heterocycles. The van der Waals surface area contributed by atoms with Crippen molar-refractivity contribution in [3.63, 3.8) is 0 Å². The molecular weight excluding hydrogens is 465 g/mol. The number of rotatable bonds is 5. The molecule has 0 aliphatic carbocycles. The van der Waals surface area contributed by atoms with Gasteiger partial charge in [-0.2, -0.15) is 0 Å². The van der Waals surface area contributed by atoms with Gasteiger partial charge in [0.1, 0.15) is 0 Å². The summed E-state index contributed by atoms with van der Waals surface area (Å²) in [6, 6.07) is 12.4. The van der Waals surface area contributed by atoms with Crippen LogP contribution < -0.4 is 5.32 Å². The highest BCUT2D eigenvalue weighted by Crippen LogP contribution is 2.36. The Balaban J connectivity index is 1.39. The number of nitrogens with zero attached hydrogens (tertiary/aromatic N) is 2. The average Bonchev–Trinajstić information content (AvgIpc) is 3.26. The minimum atomic E-state index is 0.000882. The number of hydrogen-bond donors (Lipinski definition) is 1. The third kappa shape index (κ3) is 5.36. The zero-order valence-electron chi connectivity index (χ0n) is 18.6. The van der Waals surface area contributed by atoms with Gasteiger partial charge < -0.3 is 10.2 Å². The van der Waals surface area contributed by atoms with Gasteiger partial charge in [-0.15, -0.1) is 0 Å². The lowest BCUT2D eigenvalue weighted by atomic mass is 9.88. The summed E-state index contributed by atoms with van der Waals surface area (Å²) in [5.74, 6) is 0.710. The van der Waals surface area contributed by atoms with Crippen molar-refractivity contribution in [2.24, 2.45) is 0 Å². The largest absolute Gasteiger partial charge is 0.377 e.